The summed E-state index contributed by atoms with van der Waals surface area (Å²) in [5, 5.41) is 3.18. The normalized spacial score (nSPS) is 20.5. The van der Waals surface area contributed by atoms with E-state index in [-0.39, 0.29) is 3.51 Å². The first-order chi connectivity index (χ1) is 10.7. The molecule has 2 aliphatic rings. The van der Waals surface area contributed by atoms with Crippen LogP contribution in [0.4, 0.5) is 0 Å². The average molecular weight is 428 g/mol. The van der Waals surface area contributed by atoms with Gasteiger partial charge in [-0.2, -0.15) is 0 Å². The molecule has 1 spiro atoms. The summed E-state index contributed by atoms with van der Waals surface area (Å²) in [5.74, 6) is -1.92. The predicted octanol–water partition coefficient (Wildman–Crippen LogP) is 3.58. The van der Waals surface area contributed by atoms with Gasteiger partial charge in [-0.3, -0.25) is 0 Å². The van der Waals surface area contributed by atoms with Crippen molar-refractivity contribution in [3.63, 3.8) is 0 Å². The molecular formula is C16H13IO4S. The Kier molecular flexibility index (Phi) is 3.53. The Labute approximate surface area is 141 Å². The van der Waals surface area contributed by atoms with Crippen LogP contribution in [0.5, 0.6) is 0 Å². The van der Waals surface area contributed by atoms with Crippen molar-refractivity contribution in [1.29, 1.82) is 0 Å². The molecule has 2 aromatic rings. The van der Waals surface area contributed by atoms with Crippen LogP contribution in [-0.2, 0) is 19.1 Å². The maximum absolute atomic E-state index is 12.3. The van der Waals surface area contributed by atoms with E-state index in [4.69, 9.17) is 9.47 Å². The quantitative estimate of drug-likeness (QED) is 0.515. The highest BCUT2D eigenvalue weighted by Crippen LogP contribution is 2.38. The lowest BCUT2D eigenvalue weighted by molar-refractivity contribution is -0.224. The van der Waals surface area contributed by atoms with Gasteiger partial charge in [-0.15, -0.1) is 11.3 Å². The fourth-order valence-electron chi connectivity index (χ4n) is 2.83. The van der Waals surface area contributed by atoms with Crippen molar-refractivity contribution in [3.05, 3.63) is 33.2 Å². The molecule has 1 aromatic carbocycles. The lowest BCUT2D eigenvalue weighted by atomic mass is 10.2. The van der Waals surface area contributed by atoms with E-state index in [0.717, 1.165) is 21.8 Å². The summed E-state index contributed by atoms with van der Waals surface area (Å²) in [4.78, 5) is 24.5. The van der Waals surface area contributed by atoms with E-state index < -0.39 is 38.5 Å². The lowest BCUT2D eigenvalue weighted by Crippen LogP contribution is -2.48. The molecule has 0 atom stereocenters. The highest BCUT2D eigenvalue weighted by molar-refractivity contribution is 14.2. The number of esters is 2. The minimum Gasteiger partial charge on any atom is -0.418 e. The first kappa shape index (κ1) is 14.3. The first-order valence-corrected chi connectivity index (χ1v) is 10.1. The summed E-state index contributed by atoms with van der Waals surface area (Å²) >= 11 is 0.787. The molecular weight excluding hydrogens is 415 g/mol. The Morgan fingerprint density at radius 1 is 1.05 bits per heavy atom. The van der Waals surface area contributed by atoms with Crippen LogP contribution >= 0.6 is 32.1 Å². The van der Waals surface area contributed by atoms with E-state index in [1.54, 1.807) is 11.3 Å². The standard InChI is InChI=1S/C16H13IO4S/c18-14-13(15(19)21-16(20-14)6-1-2-7-16)17-11-3-4-12-10(9-11)5-8-22-12/h3-5,8-9H,1-2,6-7H2. The number of hydrogen-bond acceptors (Lipinski definition) is 5. The Hall–Kier alpha value is -1.28. The number of fused-ring (bicyclic) bond motifs is 1. The molecule has 1 aliphatic carbocycles. The van der Waals surface area contributed by atoms with Crippen molar-refractivity contribution in [2.45, 2.75) is 31.5 Å². The lowest BCUT2D eigenvalue weighted by Gasteiger charge is -2.32. The molecule has 2 fully saturated rings. The van der Waals surface area contributed by atoms with Crippen molar-refractivity contribution in [2.75, 3.05) is 0 Å². The SMILES string of the molecule is O=C1OC2(CCCC2)OC(=O)C1=Ic1ccc2sccc2c1. The van der Waals surface area contributed by atoms with Crippen LogP contribution < -0.4 is 0 Å². The monoisotopic (exact) mass is 428 g/mol. The number of carbonyl (C=O) groups is 2. The van der Waals surface area contributed by atoms with Crippen molar-refractivity contribution in [1.82, 2.24) is 0 Å². The minimum absolute atomic E-state index is 0.200. The fraction of sp³-hybridized carbons (Fsp3) is 0.312. The molecule has 0 amide bonds. The van der Waals surface area contributed by atoms with E-state index in [1.165, 1.54) is 4.70 Å². The van der Waals surface area contributed by atoms with Gasteiger partial charge >= 0.3 is 11.9 Å². The van der Waals surface area contributed by atoms with E-state index in [2.05, 4.69) is 0 Å². The third kappa shape index (κ3) is 2.48. The van der Waals surface area contributed by atoms with Gasteiger partial charge in [0.2, 0.25) is 0 Å². The van der Waals surface area contributed by atoms with Crippen LogP contribution in [0.15, 0.2) is 29.6 Å². The molecule has 1 saturated carbocycles. The molecule has 1 saturated heterocycles. The van der Waals surface area contributed by atoms with Gasteiger partial charge in [0.25, 0.3) is 5.79 Å². The number of benzene rings is 1. The molecule has 0 N–H and O–H groups in total. The maximum Gasteiger partial charge on any atom is 0.354 e. The van der Waals surface area contributed by atoms with Crippen LogP contribution in [0.1, 0.15) is 25.7 Å². The summed E-state index contributed by atoms with van der Waals surface area (Å²) in [6, 6.07) is 8.11. The molecule has 0 bridgehead atoms. The van der Waals surface area contributed by atoms with Gasteiger partial charge in [0.05, 0.1) is 0 Å². The summed E-state index contributed by atoms with van der Waals surface area (Å²) in [6.07, 6.45) is 3.10. The summed E-state index contributed by atoms with van der Waals surface area (Å²) in [5.41, 5.74) is 0. The third-order valence-corrected chi connectivity index (χ3v) is 7.51. The second-order valence-electron chi connectivity index (χ2n) is 5.41. The van der Waals surface area contributed by atoms with Crippen molar-refractivity contribution in [2.24, 2.45) is 0 Å². The molecule has 1 aliphatic heterocycles. The molecule has 0 unspecified atom stereocenters. The van der Waals surface area contributed by atoms with Crippen molar-refractivity contribution in [3.8, 4) is 0 Å². The van der Waals surface area contributed by atoms with Gasteiger partial charge in [0.1, 0.15) is 0 Å². The molecule has 2 heterocycles. The molecule has 1 aromatic heterocycles. The van der Waals surface area contributed by atoms with Gasteiger partial charge < -0.3 is 9.47 Å². The zero-order valence-corrected chi connectivity index (χ0v) is 14.6. The zero-order chi connectivity index (χ0) is 15.2. The highest BCUT2D eigenvalue weighted by Gasteiger charge is 2.48. The van der Waals surface area contributed by atoms with Crippen LogP contribution in [0.25, 0.3) is 10.1 Å². The number of halogens is 1. The Balaban J connectivity index is 1.66. The topological polar surface area (TPSA) is 52.6 Å². The number of thiophene rings is 1. The Morgan fingerprint density at radius 3 is 2.50 bits per heavy atom. The maximum atomic E-state index is 12.3. The number of carbonyl (C=O) groups excluding carboxylic acids is 2. The van der Waals surface area contributed by atoms with E-state index in [0.29, 0.717) is 12.8 Å². The molecule has 4 nitrogen and oxygen atoms in total. The predicted molar refractivity (Wildman–Crippen MR) is 92.9 cm³/mol. The Morgan fingerprint density at radius 2 is 1.77 bits per heavy atom. The van der Waals surface area contributed by atoms with Gasteiger partial charge in [0.15, 0.2) is 3.51 Å². The second kappa shape index (κ2) is 5.42. The Bertz CT molecular complexity index is 779. The second-order valence-corrected chi connectivity index (χ2v) is 9.22. The summed E-state index contributed by atoms with van der Waals surface area (Å²) in [6.45, 7) is 0. The van der Waals surface area contributed by atoms with Crippen LogP contribution in [0.3, 0.4) is 0 Å². The molecule has 4 rings (SSSR count). The summed E-state index contributed by atoms with van der Waals surface area (Å²) < 4.78 is 13.4. The van der Waals surface area contributed by atoms with Crippen LogP contribution in [0.2, 0.25) is 0 Å². The fourth-order valence-corrected chi connectivity index (χ4v) is 5.74. The van der Waals surface area contributed by atoms with Crippen LogP contribution in [-0.4, -0.2) is 21.2 Å². The van der Waals surface area contributed by atoms with Crippen molar-refractivity contribution >= 4 is 57.6 Å². The van der Waals surface area contributed by atoms with E-state index >= 15 is 0 Å². The number of ether oxygens (including phenoxy) is 2. The zero-order valence-electron chi connectivity index (χ0n) is 11.6. The smallest absolute Gasteiger partial charge is 0.354 e. The molecule has 0 radical (unpaired) electrons. The average Bonchev–Trinajstić information content (AvgIpc) is 3.12. The molecule has 114 valence electrons. The van der Waals surface area contributed by atoms with Gasteiger partial charge in [-0.25, -0.2) is 9.59 Å². The van der Waals surface area contributed by atoms with Gasteiger partial charge in [-0.05, 0) is 47.9 Å². The third-order valence-electron chi connectivity index (χ3n) is 3.90. The first-order valence-electron chi connectivity index (χ1n) is 7.11. The largest absolute Gasteiger partial charge is 0.418 e. The summed E-state index contributed by atoms with van der Waals surface area (Å²) in [7, 11) is 0. The van der Waals surface area contributed by atoms with Crippen molar-refractivity contribution < 1.29 is 19.1 Å². The number of hydrogen-bond donors (Lipinski definition) is 0. The highest BCUT2D eigenvalue weighted by atomic mass is 127. The number of rotatable bonds is 1. The molecule has 22 heavy (non-hydrogen) atoms. The molecule has 6 heteroatoms. The van der Waals surface area contributed by atoms with Gasteiger partial charge in [0, 0.05) is 21.1 Å². The minimum atomic E-state index is -0.973. The van der Waals surface area contributed by atoms with E-state index in [9.17, 15) is 9.59 Å². The van der Waals surface area contributed by atoms with E-state index in [1.807, 2.05) is 29.6 Å². The van der Waals surface area contributed by atoms with Gasteiger partial charge in [-0.1, -0.05) is 20.7 Å². The van der Waals surface area contributed by atoms with Crippen LogP contribution in [0, 0.1) is 3.57 Å².